The zero-order chi connectivity index (χ0) is 35.9. The van der Waals surface area contributed by atoms with Gasteiger partial charge in [-0.3, -0.25) is 9.59 Å². The zero-order valence-corrected chi connectivity index (χ0v) is 29.9. The number of aldehydes is 1. The van der Waals surface area contributed by atoms with Crippen LogP contribution in [0.4, 0.5) is 17.2 Å². The predicted molar refractivity (Wildman–Crippen MR) is 207 cm³/mol. The van der Waals surface area contributed by atoms with Gasteiger partial charge >= 0.3 is 0 Å². The van der Waals surface area contributed by atoms with E-state index in [4.69, 9.17) is 14.1 Å². The molecular weight excluding hydrogens is 665 g/mol. The molecule has 2 saturated heterocycles. The molecule has 268 valence electrons. The SMILES string of the molecule is CN1CCc2cc(-c3nc4ccccc4[nH]3)oc2-c2ccccc21.O=Cc1ccc(NC(=O)c2cc3c(nc2N2CC4(CCOCC4)C2)CCC3)cc1. The van der Waals surface area contributed by atoms with Gasteiger partial charge in [0.05, 0.1) is 16.6 Å². The molecule has 10 heteroatoms. The standard InChI is InChI=1S/C23H25N3O3.C20H17N3O/c27-13-16-4-6-18(7-5-16)24-22(28)19-12-17-2-1-3-20(17)25-21(19)26-14-23(15-26)8-10-29-11-9-23;1-23-11-10-13-12-18(20-21-15-7-3-4-8-16(15)22-20)24-19(13)14-6-2-5-9-17(14)23/h4-7,12-13H,1-3,8-11,14-15H2,(H,24,28);2-9,12H,10-11H2,1H3,(H,21,22). The van der Waals surface area contributed by atoms with Crippen molar-refractivity contribution in [2.45, 2.75) is 38.5 Å². The number of nitrogens with zero attached hydrogens (tertiary/aromatic N) is 4. The Bertz CT molecular complexity index is 2280. The quantitative estimate of drug-likeness (QED) is 0.175. The van der Waals surface area contributed by atoms with Crippen LogP contribution in [0.15, 0.2) is 89.3 Å². The number of ether oxygens (including phenoxy) is 1. The van der Waals surface area contributed by atoms with Gasteiger partial charge in [0.2, 0.25) is 0 Å². The van der Waals surface area contributed by atoms with E-state index in [9.17, 15) is 9.59 Å². The number of carbonyl (C=O) groups is 2. The highest BCUT2D eigenvalue weighted by molar-refractivity contribution is 6.08. The average Bonchev–Trinajstić information content (AvgIpc) is 3.93. The molecule has 3 aromatic carbocycles. The lowest BCUT2D eigenvalue weighted by atomic mass is 9.73. The topological polar surface area (TPSA) is 117 Å². The number of aryl methyl sites for hydroxylation is 2. The highest BCUT2D eigenvalue weighted by atomic mass is 16.5. The third kappa shape index (κ3) is 6.37. The lowest BCUT2D eigenvalue weighted by molar-refractivity contribution is -0.000519. The first-order chi connectivity index (χ1) is 25.9. The molecule has 0 atom stereocenters. The van der Waals surface area contributed by atoms with Gasteiger partial charge in [-0.15, -0.1) is 0 Å². The Labute approximate surface area is 308 Å². The van der Waals surface area contributed by atoms with Crippen molar-refractivity contribution in [1.29, 1.82) is 0 Å². The molecule has 6 heterocycles. The lowest BCUT2D eigenvalue weighted by Gasteiger charge is -2.53. The van der Waals surface area contributed by atoms with E-state index in [0.717, 1.165) is 123 Å². The van der Waals surface area contributed by atoms with Crippen LogP contribution in [0.25, 0.3) is 33.9 Å². The van der Waals surface area contributed by atoms with Gasteiger partial charge in [-0.1, -0.05) is 24.3 Å². The number of likely N-dealkylation sites (N-methyl/N-ethyl adjacent to an activating group) is 1. The summed E-state index contributed by atoms with van der Waals surface area (Å²) >= 11 is 0. The zero-order valence-electron chi connectivity index (χ0n) is 29.9. The molecule has 10 nitrogen and oxygen atoms in total. The number of hydrogen-bond donors (Lipinski definition) is 2. The number of H-pyrrole nitrogens is 1. The van der Waals surface area contributed by atoms with Crippen LogP contribution in [0.5, 0.6) is 0 Å². The van der Waals surface area contributed by atoms with Gasteiger partial charge in [-0.05, 0) is 105 Å². The van der Waals surface area contributed by atoms with Crippen LogP contribution in [-0.4, -0.2) is 67.0 Å². The van der Waals surface area contributed by atoms with Crippen molar-refractivity contribution >= 4 is 40.4 Å². The van der Waals surface area contributed by atoms with Crippen molar-refractivity contribution in [3.8, 4) is 22.9 Å². The van der Waals surface area contributed by atoms with Crippen molar-refractivity contribution in [1.82, 2.24) is 15.0 Å². The van der Waals surface area contributed by atoms with Gasteiger partial charge in [0.25, 0.3) is 5.91 Å². The Hall–Kier alpha value is -5.74. The fraction of sp³-hybridized carbons (Fsp3) is 0.302. The molecule has 10 rings (SSSR count). The van der Waals surface area contributed by atoms with Crippen LogP contribution in [0.1, 0.15) is 56.8 Å². The minimum atomic E-state index is -0.144. The molecule has 0 bridgehead atoms. The van der Waals surface area contributed by atoms with Crippen LogP contribution in [0.3, 0.4) is 0 Å². The van der Waals surface area contributed by atoms with Gasteiger partial charge in [0.1, 0.15) is 17.9 Å². The summed E-state index contributed by atoms with van der Waals surface area (Å²) < 4.78 is 11.8. The molecule has 0 saturated carbocycles. The Kier molecular flexibility index (Phi) is 8.54. The van der Waals surface area contributed by atoms with Crippen LogP contribution in [0.2, 0.25) is 0 Å². The van der Waals surface area contributed by atoms with Crippen molar-refractivity contribution in [2.24, 2.45) is 5.41 Å². The third-order valence-electron chi connectivity index (χ3n) is 11.2. The Morgan fingerprint density at radius 1 is 0.906 bits per heavy atom. The number of aromatic amines is 1. The maximum atomic E-state index is 13.1. The van der Waals surface area contributed by atoms with E-state index >= 15 is 0 Å². The number of anilines is 3. The number of para-hydroxylation sites is 3. The molecule has 2 fully saturated rings. The lowest BCUT2D eigenvalue weighted by Crippen LogP contribution is -2.59. The predicted octanol–water partition coefficient (Wildman–Crippen LogP) is 7.73. The Morgan fingerprint density at radius 3 is 2.51 bits per heavy atom. The maximum Gasteiger partial charge on any atom is 0.259 e. The van der Waals surface area contributed by atoms with Crippen molar-refractivity contribution in [3.63, 3.8) is 0 Å². The smallest absolute Gasteiger partial charge is 0.259 e. The summed E-state index contributed by atoms with van der Waals surface area (Å²) in [6.07, 6.45) is 7.00. The second-order valence-corrected chi connectivity index (χ2v) is 14.7. The number of hydrogen-bond acceptors (Lipinski definition) is 8. The summed E-state index contributed by atoms with van der Waals surface area (Å²) in [6, 6.07) is 27.5. The van der Waals surface area contributed by atoms with E-state index in [-0.39, 0.29) is 5.91 Å². The summed E-state index contributed by atoms with van der Waals surface area (Å²) in [6.45, 7) is 4.52. The van der Waals surface area contributed by atoms with Gasteiger partial charge in [0, 0.05) is 79.1 Å². The number of carbonyl (C=O) groups excluding carboxylic acids is 2. The van der Waals surface area contributed by atoms with Crippen molar-refractivity contribution in [2.75, 3.05) is 55.0 Å². The first-order valence-electron chi connectivity index (χ1n) is 18.6. The van der Waals surface area contributed by atoms with E-state index in [2.05, 4.69) is 62.5 Å². The summed E-state index contributed by atoms with van der Waals surface area (Å²) in [5, 5.41) is 2.97. The molecule has 6 aromatic rings. The first kappa shape index (κ1) is 33.1. The number of benzene rings is 3. The van der Waals surface area contributed by atoms with E-state index in [1.807, 2.05) is 30.3 Å². The number of fused-ring (bicyclic) bond motifs is 5. The van der Waals surface area contributed by atoms with Crippen molar-refractivity contribution < 1.29 is 18.7 Å². The van der Waals surface area contributed by atoms with E-state index < -0.39 is 0 Å². The third-order valence-corrected chi connectivity index (χ3v) is 11.2. The van der Waals surface area contributed by atoms with Crippen LogP contribution >= 0.6 is 0 Å². The minimum absolute atomic E-state index is 0.144. The molecule has 0 unspecified atom stereocenters. The second-order valence-electron chi connectivity index (χ2n) is 14.7. The monoisotopic (exact) mass is 706 g/mol. The number of amides is 1. The second kappa shape index (κ2) is 13.7. The fourth-order valence-electron chi connectivity index (χ4n) is 8.18. The highest BCUT2D eigenvalue weighted by Gasteiger charge is 2.45. The van der Waals surface area contributed by atoms with Gasteiger partial charge < -0.3 is 29.3 Å². The molecule has 1 spiro atoms. The molecule has 4 aliphatic rings. The molecular formula is C43H42N6O4. The van der Waals surface area contributed by atoms with Crippen LogP contribution in [0, 0.1) is 5.41 Å². The molecule has 2 N–H and O–H groups in total. The molecule has 3 aliphatic heterocycles. The number of furan rings is 1. The van der Waals surface area contributed by atoms with Gasteiger partial charge in [-0.25, -0.2) is 9.97 Å². The van der Waals surface area contributed by atoms with Gasteiger partial charge in [0.15, 0.2) is 11.6 Å². The highest BCUT2D eigenvalue weighted by Crippen LogP contribution is 2.43. The summed E-state index contributed by atoms with van der Waals surface area (Å²) in [4.78, 5) is 41.5. The normalized spacial score (nSPS) is 16.8. The molecule has 0 radical (unpaired) electrons. The first-order valence-corrected chi connectivity index (χ1v) is 18.6. The van der Waals surface area contributed by atoms with Crippen molar-refractivity contribution in [3.05, 3.63) is 113 Å². The maximum absolute atomic E-state index is 13.1. The molecule has 3 aromatic heterocycles. The minimum Gasteiger partial charge on any atom is -0.452 e. The summed E-state index contributed by atoms with van der Waals surface area (Å²) in [5.74, 6) is 3.22. The van der Waals surface area contributed by atoms with E-state index in [0.29, 0.717) is 22.2 Å². The molecule has 1 amide bonds. The van der Waals surface area contributed by atoms with E-state index in [1.54, 1.807) is 24.3 Å². The number of nitrogens with one attached hydrogen (secondary N) is 2. The molecule has 53 heavy (non-hydrogen) atoms. The summed E-state index contributed by atoms with van der Waals surface area (Å²) in [5.41, 5.74) is 10.1. The van der Waals surface area contributed by atoms with Crippen LogP contribution in [-0.2, 0) is 24.0 Å². The average molecular weight is 707 g/mol. The number of imidazole rings is 1. The number of aromatic nitrogens is 3. The van der Waals surface area contributed by atoms with E-state index in [1.165, 1.54) is 16.8 Å². The number of pyridine rings is 1. The Morgan fingerprint density at radius 2 is 1.70 bits per heavy atom. The molecule has 1 aliphatic carbocycles. The van der Waals surface area contributed by atoms with Gasteiger partial charge in [-0.2, -0.15) is 0 Å². The fourth-order valence-corrected chi connectivity index (χ4v) is 8.18. The summed E-state index contributed by atoms with van der Waals surface area (Å²) in [7, 11) is 2.13. The van der Waals surface area contributed by atoms with Crippen LogP contribution < -0.4 is 15.1 Å². The number of rotatable bonds is 5. The Balaban J connectivity index is 0.000000143. The largest absolute Gasteiger partial charge is 0.452 e.